The van der Waals surface area contributed by atoms with E-state index < -0.39 is 0 Å². The van der Waals surface area contributed by atoms with Crippen LogP contribution >= 0.6 is 0 Å². The van der Waals surface area contributed by atoms with E-state index in [-0.39, 0.29) is 5.41 Å². The van der Waals surface area contributed by atoms with Crippen molar-refractivity contribution in [3.8, 4) is 0 Å². The summed E-state index contributed by atoms with van der Waals surface area (Å²) in [6, 6.07) is 0. The van der Waals surface area contributed by atoms with Crippen molar-refractivity contribution in [2.24, 2.45) is 45.3 Å². The van der Waals surface area contributed by atoms with Crippen molar-refractivity contribution in [1.82, 2.24) is 0 Å². The highest BCUT2D eigenvalue weighted by Gasteiger charge is 2.80. The van der Waals surface area contributed by atoms with E-state index in [9.17, 15) is 4.79 Å². The highest BCUT2D eigenvalue weighted by molar-refractivity contribution is 5.68. The van der Waals surface area contributed by atoms with Crippen LogP contribution in [0.4, 0.5) is 0 Å². The van der Waals surface area contributed by atoms with Crippen LogP contribution in [0.5, 0.6) is 0 Å². The van der Waals surface area contributed by atoms with Gasteiger partial charge in [0.05, 0.1) is 0 Å². The molecule has 6 aliphatic rings. The molecule has 0 heterocycles. The molecule has 6 saturated carbocycles. The Morgan fingerprint density at radius 2 is 1.81 bits per heavy atom. The van der Waals surface area contributed by atoms with Crippen molar-refractivity contribution in [3.63, 3.8) is 0 Å². The lowest BCUT2D eigenvalue weighted by atomic mass is 9.40. The summed E-state index contributed by atoms with van der Waals surface area (Å²) in [4.78, 5) is 11.7. The summed E-state index contributed by atoms with van der Waals surface area (Å²) in [5, 5.41) is 0. The van der Waals surface area contributed by atoms with Crippen molar-refractivity contribution in [2.45, 2.75) is 72.1 Å². The quantitative estimate of drug-likeness (QED) is 0.630. The van der Waals surface area contributed by atoms with E-state index in [0.29, 0.717) is 16.2 Å². The summed E-state index contributed by atoms with van der Waals surface area (Å²) in [7, 11) is 0. The highest BCUT2D eigenvalue weighted by Crippen LogP contribution is 2.85. The molecule has 0 amide bonds. The number of hydrogen-bond acceptors (Lipinski definition) is 1. The zero-order valence-electron chi connectivity index (χ0n) is 14.0. The smallest absolute Gasteiger partial charge is 0.126 e. The minimum atomic E-state index is 0.171. The standard InChI is InChI=1S/C20H30O/c1-17(2)6-4-7-18(3)15(17)5-8-19-10-14-13(9-16(18)19)20(14,11-19)12-21/h12-16H,4-11H2,1-3H3/t13-,14+,15+,16-,18+,19+,20+/m0/s1. The molecular weight excluding hydrogens is 256 g/mol. The average Bonchev–Trinajstić information content (AvgIpc) is 2.93. The fourth-order valence-corrected chi connectivity index (χ4v) is 8.78. The number of carbonyl (C=O) groups is 1. The van der Waals surface area contributed by atoms with E-state index in [0.717, 1.165) is 23.7 Å². The van der Waals surface area contributed by atoms with Crippen LogP contribution in [0.1, 0.15) is 72.1 Å². The second-order valence-electron chi connectivity index (χ2n) is 10.4. The molecule has 1 spiro atoms. The first-order valence-electron chi connectivity index (χ1n) is 9.34. The molecule has 6 aliphatic carbocycles. The van der Waals surface area contributed by atoms with E-state index in [2.05, 4.69) is 20.8 Å². The maximum Gasteiger partial charge on any atom is 0.126 e. The maximum absolute atomic E-state index is 11.7. The first-order valence-corrected chi connectivity index (χ1v) is 9.34. The Balaban J connectivity index is 1.56. The van der Waals surface area contributed by atoms with Crippen molar-refractivity contribution in [3.05, 3.63) is 0 Å². The second kappa shape index (κ2) is 3.44. The van der Waals surface area contributed by atoms with Crippen molar-refractivity contribution in [2.75, 3.05) is 0 Å². The second-order valence-corrected chi connectivity index (χ2v) is 10.4. The molecule has 0 saturated heterocycles. The molecule has 6 fully saturated rings. The van der Waals surface area contributed by atoms with Crippen LogP contribution in [0.3, 0.4) is 0 Å². The Bertz CT molecular complexity index is 522. The lowest BCUT2D eigenvalue weighted by Gasteiger charge is -2.65. The normalized spacial score (nSPS) is 62.6. The molecule has 0 unspecified atom stereocenters. The zero-order valence-corrected chi connectivity index (χ0v) is 14.0. The Morgan fingerprint density at radius 3 is 2.52 bits per heavy atom. The molecule has 1 heteroatoms. The largest absolute Gasteiger partial charge is 0.303 e. The first-order chi connectivity index (χ1) is 9.88. The minimum absolute atomic E-state index is 0.171. The first kappa shape index (κ1) is 13.1. The van der Waals surface area contributed by atoms with Gasteiger partial charge >= 0.3 is 0 Å². The molecule has 0 N–H and O–H groups in total. The fourth-order valence-electron chi connectivity index (χ4n) is 8.78. The molecule has 0 radical (unpaired) electrons. The molecule has 4 bridgehead atoms. The fraction of sp³-hybridized carbons (Fsp3) is 0.950. The molecule has 6 rings (SSSR count). The van der Waals surface area contributed by atoms with Gasteiger partial charge in [-0.25, -0.2) is 0 Å². The van der Waals surface area contributed by atoms with Crippen molar-refractivity contribution in [1.29, 1.82) is 0 Å². The van der Waals surface area contributed by atoms with Gasteiger partial charge in [0.2, 0.25) is 0 Å². The Kier molecular flexibility index (Phi) is 2.15. The summed E-state index contributed by atoms with van der Waals surface area (Å²) >= 11 is 0. The third kappa shape index (κ3) is 1.27. The molecule has 0 aromatic carbocycles. The van der Waals surface area contributed by atoms with Crippen LogP contribution in [0.2, 0.25) is 0 Å². The van der Waals surface area contributed by atoms with Gasteiger partial charge in [-0.3, -0.25) is 0 Å². The van der Waals surface area contributed by atoms with Gasteiger partial charge in [-0.15, -0.1) is 0 Å². The van der Waals surface area contributed by atoms with Gasteiger partial charge in [-0.1, -0.05) is 27.2 Å². The van der Waals surface area contributed by atoms with Crippen LogP contribution in [-0.4, -0.2) is 6.29 Å². The zero-order chi connectivity index (χ0) is 14.7. The number of rotatable bonds is 1. The van der Waals surface area contributed by atoms with E-state index in [1.807, 2.05) is 0 Å². The Morgan fingerprint density at radius 1 is 1.00 bits per heavy atom. The van der Waals surface area contributed by atoms with Gasteiger partial charge in [0, 0.05) is 5.41 Å². The minimum Gasteiger partial charge on any atom is -0.303 e. The van der Waals surface area contributed by atoms with Crippen LogP contribution in [0.15, 0.2) is 0 Å². The molecule has 0 aromatic heterocycles. The summed E-state index contributed by atoms with van der Waals surface area (Å²) in [5.41, 5.74) is 1.85. The number of carbonyl (C=O) groups excluding carboxylic acids is 1. The number of hydrogen-bond donors (Lipinski definition) is 0. The van der Waals surface area contributed by atoms with Gasteiger partial charge in [-0.05, 0) is 84.9 Å². The molecular formula is C20H30O. The average molecular weight is 286 g/mol. The van der Waals surface area contributed by atoms with Gasteiger partial charge in [0.15, 0.2) is 0 Å². The van der Waals surface area contributed by atoms with Crippen LogP contribution in [-0.2, 0) is 4.79 Å². The summed E-state index contributed by atoms with van der Waals surface area (Å²) in [6.07, 6.45) is 12.6. The predicted octanol–water partition coefficient (Wildman–Crippen LogP) is 4.84. The molecule has 21 heavy (non-hydrogen) atoms. The topological polar surface area (TPSA) is 17.1 Å². The van der Waals surface area contributed by atoms with E-state index in [4.69, 9.17) is 0 Å². The number of aldehydes is 1. The predicted molar refractivity (Wildman–Crippen MR) is 83.7 cm³/mol. The molecule has 0 aliphatic heterocycles. The highest BCUT2D eigenvalue weighted by atomic mass is 16.1. The van der Waals surface area contributed by atoms with E-state index >= 15 is 0 Å². The van der Waals surface area contributed by atoms with Gasteiger partial charge in [0.1, 0.15) is 6.29 Å². The van der Waals surface area contributed by atoms with Crippen molar-refractivity contribution >= 4 is 6.29 Å². The van der Waals surface area contributed by atoms with Crippen LogP contribution in [0.25, 0.3) is 0 Å². The van der Waals surface area contributed by atoms with Crippen LogP contribution < -0.4 is 0 Å². The molecule has 7 atom stereocenters. The van der Waals surface area contributed by atoms with Gasteiger partial charge < -0.3 is 4.79 Å². The van der Waals surface area contributed by atoms with Gasteiger partial charge in [0.25, 0.3) is 0 Å². The molecule has 1 nitrogen and oxygen atoms in total. The van der Waals surface area contributed by atoms with Crippen LogP contribution in [0, 0.1) is 45.3 Å². The van der Waals surface area contributed by atoms with Crippen molar-refractivity contribution < 1.29 is 4.79 Å². The summed E-state index contributed by atoms with van der Waals surface area (Å²) in [5.74, 6) is 3.43. The maximum atomic E-state index is 11.7. The Labute approximate surface area is 129 Å². The third-order valence-electron chi connectivity index (χ3n) is 9.49. The van der Waals surface area contributed by atoms with Gasteiger partial charge in [-0.2, -0.15) is 0 Å². The van der Waals surface area contributed by atoms with E-state index in [1.54, 1.807) is 0 Å². The lowest BCUT2D eigenvalue weighted by molar-refractivity contribution is -0.161. The monoisotopic (exact) mass is 286 g/mol. The summed E-state index contributed by atoms with van der Waals surface area (Å²) in [6.45, 7) is 7.71. The van der Waals surface area contributed by atoms with E-state index in [1.165, 1.54) is 57.7 Å². The molecule has 116 valence electrons. The lowest BCUT2D eigenvalue weighted by Crippen LogP contribution is -2.57. The molecule has 0 aromatic rings. The SMILES string of the molecule is CC1(C)CCC[C@]2(C)[C@@H]1CC[C@]13C[C@@H]4[C@H](C[C@H]12)[C@]4(C=O)C3. The summed E-state index contributed by atoms with van der Waals surface area (Å²) < 4.78 is 0. The Hall–Kier alpha value is -0.330. The third-order valence-corrected chi connectivity index (χ3v) is 9.49. The number of fused-ring (bicyclic) bond motifs is 1.